The zero-order chi connectivity index (χ0) is 17.6. The Morgan fingerprint density at radius 2 is 1.60 bits per heavy atom. The molecule has 2 aromatic carbocycles. The molecule has 1 nitrogen and oxygen atoms in total. The average Bonchev–Trinajstić information content (AvgIpc) is 3.42. The number of thiocarbonyl (C=S) groups is 1. The molecule has 0 N–H and O–H groups in total. The summed E-state index contributed by atoms with van der Waals surface area (Å²) in [5, 5.41) is 2.04. The summed E-state index contributed by atoms with van der Waals surface area (Å²) in [4.78, 5) is 3.35. The van der Waals surface area contributed by atoms with Crippen molar-refractivity contribution < 1.29 is 8.78 Å². The van der Waals surface area contributed by atoms with Gasteiger partial charge in [0.15, 0.2) is 0 Å². The van der Waals surface area contributed by atoms with Crippen molar-refractivity contribution in [2.45, 2.75) is 19.3 Å². The van der Waals surface area contributed by atoms with Crippen LogP contribution in [0, 0.1) is 41.4 Å². The van der Waals surface area contributed by atoms with Crippen molar-refractivity contribution in [3.05, 3.63) is 70.3 Å². The molecule has 1 saturated carbocycles. The molecule has 0 saturated heterocycles. The first kappa shape index (κ1) is 17.1. The SMILES string of the molecule is Fc1cc(C#Cc2ccc(CC3CC3)cc2)c(F)cc1C#CN=C=S. The van der Waals surface area contributed by atoms with Crippen molar-refractivity contribution in [1.29, 1.82) is 0 Å². The van der Waals surface area contributed by atoms with Crippen LogP contribution in [0.5, 0.6) is 0 Å². The maximum atomic E-state index is 14.1. The lowest BCUT2D eigenvalue weighted by atomic mass is 10.1. The maximum Gasteiger partial charge on any atom is 0.140 e. The zero-order valence-electron chi connectivity index (χ0n) is 13.3. The summed E-state index contributed by atoms with van der Waals surface area (Å²) in [6.45, 7) is 0. The van der Waals surface area contributed by atoms with Gasteiger partial charge in [0.25, 0.3) is 0 Å². The van der Waals surface area contributed by atoms with Crippen LogP contribution in [0.15, 0.2) is 41.4 Å². The molecule has 25 heavy (non-hydrogen) atoms. The molecule has 0 aromatic heterocycles. The number of benzene rings is 2. The second-order valence-electron chi connectivity index (χ2n) is 5.85. The van der Waals surface area contributed by atoms with E-state index in [9.17, 15) is 8.78 Å². The van der Waals surface area contributed by atoms with Gasteiger partial charge in [-0.2, -0.15) is 0 Å². The lowest BCUT2D eigenvalue weighted by Gasteiger charge is -2.00. The normalized spacial score (nSPS) is 12.2. The number of rotatable bonds is 2. The van der Waals surface area contributed by atoms with Crippen LogP contribution in [0.3, 0.4) is 0 Å². The van der Waals surface area contributed by atoms with Gasteiger partial charge >= 0.3 is 0 Å². The summed E-state index contributed by atoms with van der Waals surface area (Å²) in [7, 11) is 0. The van der Waals surface area contributed by atoms with Gasteiger partial charge in [-0.1, -0.05) is 24.0 Å². The monoisotopic (exact) mass is 349 g/mol. The van der Waals surface area contributed by atoms with E-state index in [2.05, 4.69) is 41.0 Å². The third-order valence-electron chi connectivity index (χ3n) is 3.87. The minimum absolute atomic E-state index is 0.0107. The van der Waals surface area contributed by atoms with E-state index in [-0.39, 0.29) is 11.1 Å². The number of halogens is 2. The van der Waals surface area contributed by atoms with Gasteiger partial charge in [0, 0.05) is 5.56 Å². The van der Waals surface area contributed by atoms with Crippen molar-refractivity contribution in [2.24, 2.45) is 10.9 Å². The van der Waals surface area contributed by atoms with Crippen LogP contribution in [0.1, 0.15) is 35.1 Å². The molecule has 2 aromatic rings. The van der Waals surface area contributed by atoms with Crippen LogP contribution in [0.4, 0.5) is 8.78 Å². The summed E-state index contributed by atoms with van der Waals surface area (Å²) >= 11 is 4.35. The third kappa shape index (κ3) is 4.85. The fourth-order valence-electron chi connectivity index (χ4n) is 2.37. The molecule has 0 radical (unpaired) electrons. The third-order valence-corrected chi connectivity index (χ3v) is 3.96. The van der Waals surface area contributed by atoms with E-state index in [0.717, 1.165) is 30.0 Å². The summed E-state index contributed by atoms with van der Waals surface area (Å²) in [5.41, 5.74) is 1.94. The largest absolute Gasteiger partial charge is 0.206 e. The van der Waals surface area contributed by atoms with Gasteiger partial charge in [-0.3, -0.25) is 0 Å². The second-order valence-corrected chi connectivity index (χ2v) is 6.03. The number of nitrogens with zero attached hydrogens (tertiary/aromatic N) is 1. The Kier molecular flexibility index (Phi) is 5.36. The van der Waals surface area contributed by atoms with Gasteiger partial charge in [0.1, 0.15) is 11.6 Å². The molecule has 1 fully saturated rings. The average molecular weight is 349 g/mol. The Balaban J connectivity index is 1.79. The van der Waals surface area contributed by atoms with Crippen molar-refractivity contribution in [2.75, 3.05) is 0 Å². The first-order chi connectivity index (χ1) is 12.2. The lowest BCUT2D eigenvalue weighted by molar-refractivity contribution is 0.594. The lowest BCUT2D eigenvalue weighted by Crippen LogP contribution is -1.91. The molecular formula is C21H13F2NS. The maximum absolute atomic E-state index is 14.1. The van der Waals surface area contributed by atoms with Crippen LogP contribution in [-0.2, 0) is 6.42 Å². The van der Waals surface area contributed by atoms with E-state index in [1.807, 2.05) is 29.4 Å². The van der Waals surface area contributed by atoms with E-state index in [4.69, 9.17) is 0 Å². The predicted octanol–water partition coefficient (Wildman–Crippen LogP) is 4.73. The summed E-state index contributed by atoms with van der Waals surface area (Å²) in [6, 6.07) is 12.2. The molecule has 0 heterocycles. The Hall–Kier alpha value is -2.78. The summed E-state index contributed by atoms with van der Waals surface area (Å²) < 4.78 is 28.0. The van der Waals surface area contributed by atoms with Crippen LogP contribution >= 0.6 is 12.2 Å². The molecule has 4 heteroatoms. The van der Waals surface area contributed by atoms with Crippen molar-refractivity contribution in [3.8, 4) is 23.8 Å². The Bertz CT molecular complexity index is 961. The van der Waals surface area contributed by atoms with Crippen molar-refractivity contribution in [3.63, 3.8) is 0 Å². The van der Waals surface area contributed by atoms with E-state index < -0.39 is 11.6 Å². The zero-order valence-corrected chi connectivity index (χ0v) is 14.1. The molecular weight excluding hydrogens is 336 g/mol. The molecule has 0 amide bonds. The summed E-state index contributed by atoms with van der Waals surface area (Å²) in [6.07, 6.45) is 3.72. The Labute approximate surface area is 150 Å². The molecule has 122 valence electrons. The second kappa shape index (κ2) is 7.86. The molecule has 0 atom stereocenters. The summed E-state index contributed by atoms with van der Waals surface area (Å²) in [5.74, 6) is 7.45. The Morgan fingerprint density at radius 3 is 2.20 bits per heavy atom. The Morgan fingerprint density at radius 1 is 0.960 bits per heavy atom. The fraction of sp³-hybridized carbons (Fsp3) is 0.190. The molecule has 0 unspecified atom stereocenters. The van der Waals surface area contributed by atoms with Gasteiger partial charge < -0.3 is 0 Å². The molecule has 0 aliphatic heterocycles. The minimum Gasteiger partial charge on any atom is -0.206 e. The van der Waals surface area contributed by atoms with Gasteiger partial charge in [0.05, 0.1) is 22.3 Å². The minimum atomic E-state index is -0.655. The van der Waals surface area contributed by atoms with Crippen molar-refractivity contribution >= 4 is 17.4 Å². The van der Waals surface area contributed by atoms with Crippen LogP contribution in [0.2, 0.25) is 0 Å². The first-order valence-corrected chi connectivity index (χ1v) is 8.24. The number of isothiocyanates is 1. The quantitative estimate of drug-likeness (QED) is 0.434. The number of hydrogen-bond donors (Lipinski definition) is 0. The van der Waals surface area contributed by atoms with E-state index >= 15 is 0 Å². The fourth-order valence-corrected chi connectivity index (χ4v) is 2.41. The highest BCUT2D eigenvalue weighted by Gasteiger charge is 2.21. The topological polar surface area (TPSA) is 12.4 Å². The van der Waals surface area contributed by atoms with Crippen LogP contribution < -0.4 is 0 Å². The van der Waals surface area contributed by atoms with E-state index in [0.29, 0.717) is 0 Å². The first-order valence-electron chi connectivity index (χ1n) is 7.83. The highest BCUT2D eigenvalue weighted by atomic mass is 32.1. The smallest absolute Gasteiger partial charge is 0.140 e. The molecule has 0 spiro atoms. The van der Waals surface area contributed by atoms with E-state index in [1.165, 1.54) is 18.4 Å². The van der Waals surface area contributed by atoms with Crippen molar-refractivity contribution in [1.82, 2.24) is 0 Å². The van der Waals surface area contributed by atoms with Gasteiger partial charge in [-0.15, -0.1) is 4.99 Å². The molecule has 1 aliphatic carbocycles. The highest BCUT2D eigenvalue weighted by Crippen LogP contribution is 2.32. The number of aliphatic imine (C=N–C) groups is 1. The van der Waals surface area contributed by atoms with Crippen LogP contribution in [-0.4, -0.2) is 5.16 Å². The molecule has 1 aliphatic rings. The predicted molar refractivity (Wildman–Crippen MR) is 97.1 cm³/mol. The standard InChI is InChI=1S/C21H13F2NS/c22-20-13-19(9-10-24-14-25)21(23)12-18(20)8-7-15-1-3-16(4-2-15)11-17-5-6-17/h1-4,12-13,17H,5-6,11H2. The van der Waals surface area contributed by atoms with Gasteiger partial charge in [-0.05, 0) is 73.1 Å². The highest BCUT2D eigenvalue weighted by molar-refractivity contribution is 7.78. The number of hydrogen-bond acceptors (Lipinski definition) is 2. The molecule has 3 rings (SSSR count). The van der Waals surface area contributed by atoms with Gasteiger partial charge in [-0.25, -0.2) is 8.78 Å². The van der Waals surface area contributed by atoms with E-state index in [1.54, 1.807) is 0 Å². The molecule has 0 bridgehead atoms. The van der Waals surface area contributed by atoms with Gasteiger partial charge in [0.2, 0.25) is 0 Å². The van der Waals surface area contributed by atoms with Crippen LogP contribution in [0.25, 0.3) is 0 Å².